The standard InChI is InChI=1S/C12H11F3N2O3/c13-12(14,15)11-17(5-6-20-11)10(19)8-3-1-7(2-4-8)9(16)18/h1-4,11H,5-6H2,(H2,16,18). The van der Waals surface area contributed by atoms with Crippen molar-refractivity contribution in [1.82, 2.24) is 4.90 Å². The van der Waals surface area contributed by atoms with Crippen LogP contribution in [-0.4, -0.2) is 42.3 Å². The van der Waals surface area contributed by atoms with Gasteiger partial charge in [-0.15, -0.1) is 0 Å². The van der Waals surface area contributed by atoms with Crippen molar-refractivity contribution in [2.24, 2.45) is 5.73 Å². The molecular formula is C12H11F3N2O3. The van der Waals surface area contributed by atoms with Gasteiger partial charge in [0.1, 0.15) is 0 Å². The van der Waals surface area contributed by atoms with Crippen LogP contribution in [0.2, 0.25) is 0 Å². The lowest BCUT2D eigenvalue weighted by atomic mass is 10.1. The zero-order valence-corrected chi connectivity index (χ0v) is 10.2. The molecule has 5 nitrogen and oxygen atoms in total. The molecule has 1 aromatic rings. The van der Waals surface area contributed by atoms with Gasteiger partial charge in [-0.25, -0.2) is 0 Å². The van der Waals surface area contributed by atoms with Gasteiger partial charge in [-0.1, -0.05) is 0 Å². The SMILES string of the molecule is NC(=O)c1ccc(C(=O)N2CCOC2C(F)(F)F)cc1. The van der Waals surface area contributed by atoms with E-state index < -0.39 is 24.2 Å². The molecule has 1 aliphatic rings. The van der Waals surface area contributed by atoms with E-state index in [0.717, 1.165) is 0 Å². The third kappa shape index (κ3) is 2.74. The number of alkyl halides is 3. The molecule has 1 fully saturated rings. The van der Waals surface area contributed by atoms with Gasteiger partial charge < -0.3 is 15.4 Å². The molecule has 1 atom stereocenters. The van der Waals surface area contributed by atoms with E-state index in [1.54, 1.807) is 0 Å². The summed E-state index contributed by atoms with van der Waals surface area (Å²) in [6.07, 6.45) is -6.87. The number of hydrogen-bond acceptors (Lipinski definition) is 3. The molecule has 0 aliphatic carbocycles. The first kappa shape index (κ1) is 14.3. The fourth-order valence-electron chi connectivity index (χ4n) is 1.89. The number of primary amides is 1. The fourth-order valence-corrected chi connectivity index (χ4v) is 1.89. The van der Waals surface area contributed by atoms with Crippen molar-refractivity contribution in [3.8, 4) is 0 Å². The van der Waals surface area contributed by atoms with Gasteiger partial charge in [0, 0.05) is 17.7 Å². The maximum atomic E-state index is 12.7. The van der Waals surface area contributed by atoms with Crippen molar-refractivity contribution in [3.63, 3.8) is 0 Å². The fraction of sp³-hybridized carbons (Fsp3) is 0.333. The van der Waals surface area contributed by atoms with Crippen molar-refractivity contribution in [1.29, 1.82) is 0 Å². The third-order valence-electron chi connectivity index (χ3n) is 2.85. The normalized spacial score (nSPS) is 19.1. The number of hydrogen-bond donors (Lipinski definition) is 1. The van der Waals surface area contributed by atoms with Crippen LogP contribution in [0.25, 0.3) is 0 Å². The van der Waals surface area contributed by atoms with Gasteiger partial charge in [-0.05, 0) is 24.3 Å². The molecule has 0 spiro atoms. The maximum Gasteiger partial charge on any atom is 0.433 e. The Morgan fingerprint density at radius 2 is 1.75 bits per heavy atom. The van der Waals surface area contributed by atoms with Crippen molar-refractivity contribution in [2.75, 3.05) is 13.2 Å². The molecule has 1 unspecified atom stereocenters. The Labute approximate surface area is 112 Å². The summed E-state index contributed by atoms with van der Waals surface area (Å²) in [5.41, 5.74) is 5.25. The number of amides is 2. The summed E-state index contributed by atoms with van der Waals surface area (Å²) in [7, 11) is 0. The van der Waals surface area contributed by atoms with Gasteiger partial charge in [0.25, 0.3) is 5.91 Å². The number of carbonyl (C=O) groups is 2. The quantitative estimate of drug-likeness (QED) is 0.887. The average Bonchev–Trinajstić information content (AvgIpc) is 2.87. The second kappa shape index (κ2) is 5.12. The Kier molecular flexibility index (Phi) is 3.67. The second-order valence-electron chi connectivity index (χ2n) is 4.20. The van der Waals surface area contributed by atoms with E-state index in [4.69, 9.17) is 5.73 Å². The highest BCUT2D eigenvalue weighted by atomic mass is 19.4. The molecule has 108 valence electrons. The van der Waals surface area contributed by atoms with Crippen LogP contribution in [0.5, 0.6) is 0 Å². The number of rotatable bonds is 2. The second-order valence-corrected chi connectivity index (χ2v) is 4.20. The van der Waals surface area contributed by atoms with E-state index in [1.807, 2.05) is 0 Å². The number of nitrogens with zero attached hydrogens (tertiary/aromatic N) is 1. The first-order valence-electron chi connectivity index (χ1n) is 5.70. The molecule has 2 N–H and O–H groups in total. The van der Waals surface area contributed by atoms with Gasteiger partial charge in [0.2, 0.25) is 12.1 Å². The molecule has 1 heterocycles. The van der Waals surface area contributed by atoms with Gasteiger partial charge in [-0.3, -0.25) is 9.59 Å². The molecule has 0 saturated carbocycles. The van der Waals surface area contributed by atoms with E-state index in [9.17, 15) is 22.8 Å². The summed E-state index contributed by atoms with van der Waals surface area (Å²) in [4.78, 5) is 23.5. The number of halogens is 3. The minimum atomic E-state index is -4.64. The summed E-state index contributed by atoms with van der Waals surface area (Å²) in [6.45, 7) is -0.310. The molecule has 1 saturated heterocycles. The van der Waals surface area contributed by atoms with Crippen molar-refractivity contribution >= 4 is 11.8 Å². The highest BCUT2D eigenvalue weighted by Gasteiger charge is 2.49. The lowest BCUT2D eigenvalue weighted by Crippen LogP contribution is -2.45. The molecule has 8 heteroatoms. The predicted octanol–water partition coefficient (Wildman–Crippen LogP) is 1.15. The van der Waals surface area contributed by atoms with Crippen LogP contribution in [0.4, 0.5) is 13.2 Å². The topological polar surface area (TPSA) is 72.6 Å². The lowest BCUT2D eigenvalue weighted by molar-refractivity contribution is -0.232. The minimum Gasteiger partial charge on any atom is -0.366 e. The van der Waals surface area contributed by atoms with Gasteiger partial charge >= 0.3 is 6.18 Å². The molecule has 2 amide bonds. The third-order valence-corrected chi connectivity index (χ3v) is 2.85. The first-order chi connectivity index (χ1) is 9.30. The van der Waals surface area contributed by atoms with Crippen LogP contribution in [0.1, 0.15) is 20.7 Å². The summed E-state index contributed by atoms with van der Waals surface area (Å²) in [5, 5.41) is 0. The van der Waals surface area contributed by atoms with Crippen LogP contribution in [-0.2, 0) is 4.74 Å². The molecule has 0 radical (unpaired) electrons. The van der Waals surface area contributed by atoms with Crippen LogP contribution in [0.3, 0.4) is 0 Å². The molecule has 2 rings (SSSR count). The van der Waals surface area contributed by atoms with Crippen molar-refractivity contribution < 1.29 is 27.5 Å². The Hall–Kier alpha value is -2.09. The number of nitrogens with two attached hydrogens (primary N) is 1. The lowest BCUT2D eigenvalue weighted by Gasteiger charge is -2.24. The smallest absolute Gasteiger partial charge is 0.366 e. The largest absolute Gasteiger partial charge is 0.433 e. The Morgan fingerprint density at radius 3 is 2.25 bits per heavy atom. The number of carbonyl (C=O) groups excluding carboxylic acids is 2. The Balaban J connectivity index is 2.20. The molecule has 1 aromatic carbocycles. The molecule has 0 aromatic heterocycles. The van der Waals surface area contributed by atoms with Gasteiger partial charge in [0.15, 0.2) is 0 Å². The van der Waals surface area contributed by atoms with Crippen LogP contribution in [0, 0.1) is 0 Å². The van der Waals surface area contributed by atoms with Gasteiger partial charge in [0.05, 0.1) is 6.61 Å². The van der Waals surface area contributed by atoms with E-state index in [-0.39, 0.29) is 24.3 Å². The number of ether oxygens (including phenoxy) is 1. The zero-order chi connectivity index (χ0) is 14.9. The van der Waals surface area contributed by atoms with Crippen LogP contribution >= 0.6 is 0 Å². The van der Waals surface area contributed by atoms with E-state index in [2.05, 4.69) is 4.74 Å². The van der Waals surface area contributed by atoms with Crippen LogP contribution in [0.15, 0.2) is 24.3 Å². The summed E-state index contributed by atoms with van der Waals surface area (Å²) < 4.78 is 42.6. The average molecular weight is 288 g/mol. The summed E-state index contributed by atoms with van der Waals surface area (Å²) in [6, 6.07) is 5.09. The summed E-state index contributed by atoms with van der Waals surface area (Å²) in [5.74, 6) is -1.48. The zero-order valence-electron chi connectivity index (χ0n) is 10.2. The maximum absolute atomic E-state index is 12.7. The van der Waals surface area contributed by atoms with E-state index in [0.29, 0.717) is 4.90 Å². The Bertz CT molecular complexity index is 528. The van der Waals surface area contributed by atoms with E-state index >= 15 is 0 Å². The van der Waals surface area contributed by atoms with Crippen molar-refractivity contribution in [3.05, 3.63) is 35.4 Å². The highest BCUT2D eigenvalue weighted by Crippen LogP contribution is 2.29. The van der Waals surface area contributed by atoms with Crippen LogP contribution < -0.4 is 5.73 Å². The minimum absolute atomic E-state index is 0.0368. The number of benzene rings is 1. The Morgan fingerprint density at radius 1 is 1.20 bits per heavy atom. The monoisotopic (exact) mass is 288 g/mol. The van der Waals surface area contributed by atoms with Gasteiger partial charge in [-0.2, -0.15) is 13.2 Å². The first-order valence-corrected chi connectivity index (χ1v) is 5.70. The summed E-state index contributed by atoms with van der Waals surface area (Å²) >= 11 is 0. The molecule has 0 bridgehead atoms. The molecular weight excluding hydrogens is 277 g/mol. The predicted molar refractivity (Wildman–Crippen MR) is 61.8 cm³/mol. The van der Waals surface area contributed by atoms with E-state index in [1.165, 1.54) is 24.3 Å². The van der Waals surface area contributed by atoms with Crippen molar-refractivity contribution in [2.45, 2.75) is 12.4 Å². The molecule has 1 aliphatic heterocycles. The molecule has 20 heavy (non-hydrogen) atoms. The highest BCUT2D eigenvalue weighted by molar-refractivity contribution is 5.97.